The Morgan fingerprint density at radius 2 is 2.00 bits per heavy atom. The monoisotopic (exact) mass is 328 g/mol. The van der Waals surface area contributed by atoms with Gasteiger partial charge in [0.2, 0.25) is 0 Å². The maximum atomic E-state index is 12.0. The fourth-order valence-electron chi connectivity index (χ4n) is 2.23. The van der Waals surface area contributed by atoms with Gasteiger partial charge in [-0.25, -0.2) is 5.43 Å². The van der Waals surface area contributed by atoms with E-state index in [0.29, 0.717) is 6.61 Å². The SMILES string of the molecule is CCCOc1ccc(/C(C)=N/NC(=O)Cn2nc(C)cc2C)cc1. The number of rotatable bonds is 7. The predicted octanol–water partition coefficient (Wildman–Crippen LogP) is 2.83. The topological polar surface area (TPSA) is 68.5 Å². The van der Waals surface area contributed by atoms with E-state index in [1.807, 2.05) is 51.1 Å². The molecule has 128 valence electrons. The molecule has 0 aliphatic rings. The van der Waals surface area contributed by atoms with Crippen LogP contribution in [0.25, 0.3) is 0 Å². The molecule has 1 amide bonds. The summed E-state index contributed by atoms with van der Waals surface area (Å²) in [7, 11) is 0. The lowest BCUT2D eigenvalue weighted by molar-refractivity contribution is -0.121. The Bertz CT molecular complexity index is 717. The summed E-state index contributed by atoms with van der Waals surface area (Å²) in [6.45, 7) is 8.60. The predicted molar refractivity (Wildman–Crippen MR) is 94.3 cm³/mol. The van der Waals surface area contributed by atoms with Crippen molar-refractivity contribution in [3.05, 3.63) is 47.3 Å². The van der Waals surface area contributed by atoms with Gasteiger partial charge in [0, 0.05) is 5.69 Å². The fourth-order valence-corrected chi connectivity index (χ4v) is 2.23. The molecule has 0 fully saturated rings. The number of aryl methyl sites for hydroxylation is 2. The minimum absolute atomic E-state index is 0.153. The summed E-state index contributed by atoms with van der Waals surface area (Å²) in [5.74, 6) is 0.630. The lowest BCUT2D eigenvalue weighted by Gasteiger charge is -2.07. The summed E-state index contributed by atoms with van der Waals surface area (Å²) in [6.07, 6.45) is 0.976. The van der Waals surface area contributed by atoms with E-state index >= 15 is 0 Å². The first-order valence-corrected chi connectivity index (χ1v) is 8.07. The lowest BCUT2D eigenvalue weighted by Crippen LogP contribution is -2.25. The summed E-state index contributed by atoms with van der Waals surface area (Å²) < 4.78 is 7.21. The molecule has 0 bridgehead atoms. The van der Waals surface area contributed by atoms with Crippen LogP contribution in [0.1, 0.15) is 37.2 Å². The number of amides is 1. The van der Waals surface area contributed by atoms with Crippen molar-refractivity contribution in [2.24, 2.45) is 5.10 Å². The van der Waals surface area contributed by atoms with Crippen LogP contribution in [-0.2, 0) is 11.3 Å². The molecule has 2 rings (SSSR count). The van der Waals surface area contributed by atoms with Gasteiger partial charge in [-0.05, 0) is 63.1 Å². The van der Waals surface area contributed by atoms with Crippen molar-refractivity contribution in [2.45, 2.75) is 40.7 Å². The highest BCUT2D eigenvalue weighted by Crippen LogP contribution is 2.13. The average molecular weight is 328 g/mol. The molecule has 0 saturated carbocycles. The first-order valence-electron chi connectivity index (χ1n) is 8.07. The Balaban J connectivity index is 1.93. The van der Waals surface area contributed by atoms with E-state index in [9.17, 15) is 4.79 Å². The summed E-state index contributed by atoms with van der Waals surface area (Å²) in [5.41, 5.74) is 6.09. The number of hydrogen-bond acceptors (Lipinski definition) is 4. The smallest absolute Gasteiger partial charge is 0.261 e. The molecular weight excluding hydrogens is 304 g/mol. The molecule has 24 heavy (non-hydrogen) atoms. The number of hydrogen-bond donors (Lipinski definition) is 1. The van der Waals surface area contributed by atoms with Crippen LogP contribution in [0.15, 0.2) is 35.4 Å². The third-order valence-corrected chi connectivity index (χ3v) is 3.49. The molecular formula is C18H24N4O2. The van der Waals surface area contributed by atoms with Gasteiger partial charge in [0.1, 0.15) is 12.3 Å². The number of hydrazone groups is 1. The van der Waals surface area contributed by atoms with Crippen molar-refractivity contribution in [3.63, 3.8) is 0 Å². The Morgan fingerprint density at radius 3 is 2.58 bits per heavy atom. The Kier molecular flexibility index (Phi) is 6.12. The zero-order chi connectivity index (χ0) is 17.5. The van der Waals surface area contributed by atoms with Crippen molar-refractivity contribution < 1.29 is 9.53 Å². The Hall–Kier alpha value is -2.63. The molecule has 1 aromatic carbocycles. The van der Waals surface area contributed by atoms with Crippen LogP contribution in [-0.4, -0.2) is 28.0 Å². The molecule has 0 aliphatic heterocycles. The largest absolute Gasteiger partial charge is 0.494 e. The highest BCUT2D eigenvalue weighted by Gasteiger charge is 2.07. The van der Waals surface area contributed by atoms with Gasteiger partial charge in [0.05, 0.1) is 18.0 Å². The van der Waals surface area contributed by atoms with Gasteiger partial charge < -0.3 is 4.74 Å². The summed E-state index contributed by atoms with van der Waals surface area (Å²) in [4.78, 5) is 12.0. The zero-order valence-corrected chi connectivity index (χ0v) is 14.7. The van der Waals surface area contributed by atoms with Crippen LogP contribution in [0.4, 0.5) is 0 Å². The van der Waals surface area contributed by atoms with E-state index in [4.69, 9.17) is 4.74 Å². The second-order valence-electron chi connectivity index (χ2n) is 5.69. The van der Waals surface area contributed by atoms with Crippen molar-refractivity contribution in [3.8, 4) is 5.75 Å². The molecule has 2 aromatic rings. The minimum atomic E-state index is -0.205. The van der Waals surface area contributed by atoms with Crippen LogP contribution in [0.2, 0.25) is 0 Å². The molecule has 0 aliphatic carbocycles. The normalized spacial score (nSPS) is 11.4. The molecule has 1 N–H and O–H groups in total. The van der Waals surface area contributed by atoms with Gasteiger partial charge >= 0.3 is 0 Å². The van der Waals surface area contributed by atoms with E-state index in [1.54, 1.807) is 4.68 Å². The Labute approximate surface area is 142 Å². The maximum Gasteiger partial charge on any atom is 0.261 e. The van der Waals surface area contributed by atoms with Crippen molar-refractivity contribution in [1.29, 1.82) is 0 Å². The van der Waals surface area contributed by atoms with Crippen LogP contribution >= 0.6 is 0 Å². The number of aromatic nitrogens is 2. The summed E-state index contributed by atoms with van der Waals surface area (Å²) >= 11 is 0. The number of carbonyl (C=O) groups excluding carboxylic acids is 1. The third-order valence-electron chi connectivity index (χ3n) is 3.49. The van der Waals surface area contributed by atoms with Crippen LogP contribution < -0.4 is 10.2 Å². The van der Waals surface area contributed by atoms with Gasteiger partial charge in [-0.1, -0.05) is 6.92 Å². The average Bonchev–Trinajstić information content (AvgIpc) is 2.88. The molecule has 0 radical (unpaired) electrons. The van der Waals surface area contributed by atoms with Crippen molar-refractivity contribution in [2.75, 3.05) is 6.61 Å². The van der Waals surface area contributed by atoms with Crippen LogP contribution in [0, 0.1) is 13.8 Å². The molecule has 0 saturated heterocycles. The molecule has 1 aromatic heterocycles. The van der Waals surface area contributed by atoms with E-state index in [-0.39, 0.29) is 12.5 Å². The van der Waals surface area contributed by atoms with E-state index in [0.717, 1.165) is 34.8 Å². The van der Waals surface area contributed by atoms with E-state index < -0.39 is 0 Å². The molecule has 0 spiro atoms. The molecule has 6 nitrogen and oxygen atoms in total. The second kappa shape index (κ2) is 8.29. The highest BCUT2D eigenvalue weighted by atomic mass is 16.5. The fraction of sp³-hybridized carbons (Fsp3) is 0.389. The summed E-state index contributed by atoms with van der Waals surface area (Å²) in [5, 5.41) is 8.42. The van der Waals surface area contributed by atoms with Crippen molar-refractivity contribution >= 4 is 11.6 Å². The molecule has 6 heteroatoms. The number of carbonyl (C=O) groups is 1. The molecule has 1 heterocycles. The quantitative estimate of drug-likeness (QED) is 0.628. The summed E-state index contributed by atoms with van der Waals surface area (Å²) in [6, 6.07) is 9.60. The maximum absolute atomic E-state index is 12.0. The first kappa shape index (κ1) is 17.7. The first-order chi connectivity index (χ1) is 11.5. The van der Waals surface area contributed by atoms with Gasteiger partial charge in [0.25, 0.3) is 5.91 Å². The molecule has 0 unspecified atom stereocenters. The standard InChI is InChI=1S/C18H24N4O2/c1-5-10-24-17-8-6-16(7-9-17)15(4)19-20-18(23)12-22-14(3)11-13(2)21-22/h6-9,11H,5,10,12H2,1-4H3,(H,20,23)/b19-15+. The van der Waals surface area contributed by atoms with E-state index in [1.165, 1.54) is 0 Å². The Morgan fingerprint density at radius 1 is 1.29 bits per heavy atom. The van der Waals surface area contributed by atoms with Crippen LogP contribution in [0.5, 0.6) is 5.75 Å². The zero-order valence-electron chi connectivity index (χ0n) is 14.7. The third kappa shape index (κ3) is 4.94. The van der Waals surface area contributed by atoms with Gasteiger partial charge in [-0.3, -0.25) is 9.48 Å². The number of nitrogens with zero attached hydrogens (tertiary/aromatic N) is 3. The van der Waals surface area contributed by atoms with Gasteiger partial charge in [-0.15, -0.1) is 0 Å². The van der Waals surface area contributed by atoms with Crippen LogP contribution in [0.3, 0.4) is 0 Å². The number of nitrogens with one attached hydrogen (secondary N) is 1. The second-order valence-corrected chi connectivity index (χ2v) is 5.69. The lowest BCUT2D eigenvalue weighted by atomic mass is 10.1. The van der Waals surface area contributed by atoms with Crippen molar-refractivity contribution in [1.82, 2.24) is 15.2 Å². The van der Waals surface area contributed by atoms with E-state index in [2.05, 4.69) is 22.5 Å². The van der Waals surface area contributed by atoms with Gasteiger partial charge in [0.15, 0.2) is 0 Å². The highest BCUT2D eigenvalue weighted by molar-refractivity contribution is 5.99. The number of ether oxygens (including phenoxy) is 1. The molecule has 0 atom stereocenters. The van der Waals surface area contributed by atoms with Gasteiger partial charge in [-0.2, -0.15) is 10.2 Å². The minimum Gasteiger partial charge on any atom is -0.494 e. The number of benzene rings is 1.